The van der Waals surface area contributed by atoms with Crippen molar-refractivity contribution < 1.29 is 14.3 Å². The third-order valence-electron chi connectivity index (χ3n) is 5.87. The van der Waals surface area contributed by atoms with Crippen LogP contribution in [0.5, 0.6) is 5.75 Å². The number of nitrogens with zero attached hydrogens (tertiary/aromatic N) is 3. The number of carbonyl (C=O) groups is 2. The van der Waals surface area contributed by atoms with Crippen LogP contribution >= 0.6 is 0 Å². The second kappa shape index (κ2) is 16.5. The van der Waals surface area contributed by atoms with Crippen LogP contribution in [-0.2, 0) is 16.0 Å². The van der Waals surface area contributed by atoms with Crippen LogP contribution < -0.4 is 15.4 Å². The molecule has 4 rings (SSSR count). The molecule has 1 aliphatic rings. The first-order valence-corrected chi connectivity index (χ1v) is 12.6. The number of pyridine rings is 1. The van der Waals surface area contributed by atoms with Crippen LogP contribution in [0.25, 0.3) is 0 Å². The summed E-state index contributed by atoms with van der Waals surface area (Å²) >= 11 is 0. The molecule has 38 heavy (non-hydrogen) atoms. The van der Waals surface area contributed by atoms with Gasteiger partial charge in [-0.25, -0.2) is 4.98 Å². The van der Waals surface area contributed by atoms with Crippen molar-refractivity contribution in [2.45, 2.75) is 32.3 Å². The number of aldehydes is 1. The summed E-state index contributed by atoms with van der Waals surface area (Å²) in [6.45, 7) is 6.04. The Labute approximate surface area is 225 Å². The second-order valence-electron chi connectivity index (χ2n) is 8.84. The van der Waals surface area contributed by atoms with Crippen molar-refractivity contribution in [3.63, 3.8) is 0 Å². The highest BCUT2D eigenvalue weighted by Crippen LogP contribution is 2.18. The van der Waals surface area contributed by atoms with E-state index in [2.05, 4.69) is 28.6 Å². The van der Waals surface area contributed by atoms with E-state index in [4.69, 9.17) is 10.00 Å². The summed E-state index contributed by atoms with van der Waals surface area (Å²) in [4.78, 5) is 26.8. The van der Waals surface area contributed by atoms with E-state index >= 15 is 0 Å². The molecule has 0 aliphatic carbocycles. The summed E-state index contributed by atoms with van der Waals surface area (Å²) in [5.74, 6) is 2.15. The lowest BCUT2D eigenvalue weighted by atomic mass is 10.0. The van der Waals surface area contributed by atoms with Gasteiger partial charge in [-0.2, -0.15) is 5.26 Å². The number of nitrogens with one attached hydrogen (secondary N) is 2. The number of amides is 1. The molecule has 1 aliphatic heterocycles. The maximum absolute atomic E-state index is 11.0. The van der Waals surface area contributed by atoms with Crippen molar-refractivity contribution in [2.75, 3.05) is 39.0 Å². The Balaban J connectivity index is 0.000000208. The van der Waals surface area contributed by atoms with E-state index in [9.17, 15) is 9.59 Å². The van der Waals surface area contributed by atoms with Gasteiger partial charge in [-0.05, 0) is 48.4 Å². The zero-order valence-electron chi connectivity index (χ0n) is 22.6. The van der Waals surface area contributed by atoms with Crippen LogP contribution in [0.2, 0.25) is 0 Å². The Bertz CT molecular complexity index is 1140. The van der Waals surface area contributed by atoms with Crippen molar-refractivity contribution >= 4 is 18.0 Å². The summed E-state index contributed by atoms with van der Waals surface area (Å²) in [5.41, 5.74) is 3.07. The average Bonchev–Trinajstić information content (AvgIpc) is 2.92. The van der Waals surface area contributed by atoms with Crippen molar-refractivity contribution in [3.05, 3.63) is 89.6 Å². The van der Waals surface area contributed by atoms with E-state index in [-0.39, 0.29) is 12.0 Å². The molecule has 1 aromatic heterocycles. The second-order valence-corrected chi connectivity index (χ2v) is 8.84. The molecule has 2 heterocycles. The van der Waals surface area contributed by atoms with E-state index in [1.54, 1.807) is 18.0 Å². The van der Waals surface area contributed by atoms with Gasteiger partial charge in [0.2, 0.25) is 5.91 Å². The van der Waals surface area contributed by atoms with Gasteiger partial charge in [0.15, 0.2) is 0 Å². The highest BCUT2D eigenvalue weighted by molar-refractivity contribution is 5.74. The molecule has 3 aromatic rings. The van der Waals surface area contributed by atoms with Gasteiger partial charge in [-0.1, -0.05) is 49.4 Å². The molecule has 8 heteroatoms. The Kier molecular flexibility index (Phi) is 13.0. The number of aromatic nitrogens is 1. The van der Waals surface area contributed by atoms with Crippen molar-refractivity contribution in [1.29, 1.82) is 5.26 Å². The molecule has 200 valence electrons. The molecule has 1 amide bonds. The lowest BCUT2D eigenvalue weighted by molar-refractivity contribution is -0.137. The topological polar surface area (TPSA) is 107 Å². The molecule has 0 saturated carbocycles. The molecule has 2 aromatic carbocycles. The number of carbonyl (C=O) groups excluding carboxylic acids is 2. The third-order valence-corrected chi connectivity index (χ3v) is 5.87. The maximum atomic E-state index is 11.0. The molecule has 1 saturated heterocycles. The normalized spacial score (nSPS) is 12.8. The molecule has 1 fully saturated rings. The highest BCUT2D eigenvalue weighted by Gasteiger charge is 2.30. The molecular weight excluding hydrogens is 478 g/mol. The van der Waals surface area contributed by atoms with Gasteiger partial charge in [-0.3, -0.25) is 4.79 Å². The van der Waals surface area contributed by atoms with Crippen molar-refractivity contribution in [1.82, 2.24) is 15.2 Å². The van der Waals surface area contributed by atoms with Crippen LogP contribution in [0.15, 0.2) is 72.9 Å². The summed E-state index contributed by atoms with van der Waals surface area (Å²) in [5, 5.41) is 14.7. The van der Waals surface area contributed by atoms with Gasteiger partial charge < -0.3 is 25.1 Å². The molecule has 8 nitrogen and oxygen atoms in total. The van der Waals surface area contributed by atoms with E-state index in [1.807, 2.05) is 80.8 Å². The largest absolute Gasteiger partial charge is 0.485 e. The molecule has 1 atom stereocenters. The molecule has 0 bridgehead atoms. The lowest BCUT2D eigenvalue weighted by Crippen LogP contribution is -2.55. The van der Waals surface area contributed by atoms with E-state index in [1.165, 1.54) is 5.56 Å². The van der Waals surface area contributed by atoms with Gasteiger partial charge in [0, 0.05) is 26.9 Å². The quantitative estimate of drug-likeness (QED) is 0.436. The number of likely N-dealkylation sites (tertiary alicyclic amines) is 1. The summed E-state index contributed by atoms with van der Waals surface area (Å²) in [6, 6.07) is 23.3. The first-order chi connectivity index (χ1) is 18.4. The van der Waals surface area contributed by atoms with Crippen LogP contribution in [0.1, 0.15) is 36.5 Å². The average molecular weight is 516 g/mol. The molecule has 2 N–H and O–H groups in total. The van der Waals surface area contributed by atoms with Crippen LogP contribution in [0, 0.1) is 11.3 Å². The summed E-state index contributed by atoms with van der Waals surface area (Å²) < 4.78 is 5.65. The number of ether oxygens (including phenoxy) is 1. The fourth-order valence-corrected chi connectivity index (χ4v) is 3.58. The zero-order valence-corrected chi connectivity index (χ0v) is 22.6. The van der Waals surface area contributed by atoms with Gasteiger partial charge >= 0.3 is 0 Å². The SMILES string of the molecule is CNCC(C)c1ccc(C#N)cc1.CNc1ccc(OC2CN(C(C)=O)C2)cn1.O=CCc1ccccc1. The number of hydrogen-bond acceptors (Lipinski definition) is 7. The number of hydrogen-bond donors (Lipinski definition) is 2. The summed E-state index contributed by atoms with van der Waals surface area (Å²) in [6.07, 6.45) is 3.23. The monoisotopic (exact) mass is 515 g/mol. The molecule has 0 radical (unpaired) electrons. The van der Waals surface area contributed by atoms with Crippen LogP contribution in [0.3, 0.4) is 0 Å². The standard InChI is InChI=1S/C11H15N3O2.C11H14N2.C8H8O/c1-8(15)14-6-10(7-14)16-9-3-4-11(12-2)13-5-9;1-9(8-13-2)11-5-3-10(7-12)4-6-11;9-7-6-8-4-2-1-3-5-8/h3-5,10H,6-7H2,1-2H3,(H,12,13);3-6,9,13H,8H2,1-2H3;1-5,7H,6H2. The number of benzene rings is 2. The Morgan fingerprint density at radius 2 is 1.82 bits per heavy atom. The number of rotatable bonds is 8. The van der Waals surface area contributed by atoms with Gasteiger partial charge in [0.1, 0.15) is 24.0 Å². The Morgan fingerprint density at radius 3 is 2.32 bits per heavy atom. The molecular formula is C30H37N5O3. The van der Waals surface area contributed by atoms with Crippen molar-refractivity contribution in [3.8, 4) is 11.8 Å². The molecule has 0 spiro atoms. The minimum atomic E-state index is 0.100. The van der Waals surface area contributed by atoms with E-state index in [0.717, 1.165) is 35.5 Å². The summed E-state index contributed by atoms with van der Waals surface area (Å²) in [7, 11) is 3.76. The maximum Gasteiger partial charge on any atom is 0.219 e. The first kappa shape index (κ1) is 30.0. The van der Waals surface area contributed by atoms with Crippen LogP contribution in [-0.4, -0.2) is 61.9 Å². The van der Waals surface area contributed by atoms with Gasteiger partial charge in [0.25, 0.3) is 0 Å². The van der Waals surface area contributed by atoms with Gasteiger partial charge in [-0.15, -0.1) is 0 Å². The smallest absolute Gasteiger partial charge is 0.219 e. The minimum Gasteiger partial charge on any atom is -0.485 e. The van der Waals surface area contributed by atoms with Crippen molar-refractivity contribution in [2.24, 2.45) is 0 Å². The predicted molar refractivity (Wildman–Crippen MR) is 150 cm³/mol. The predicted octanol–water partition coefficient (Wildman–Crippen LogP) is 4.04. The Morgan fingerprint density at radius 1 is 1.13 bits per heavy atom. The van der Waals surface area contributed by atoms with E-state index < -0.39 is 0 Å². The lowest BCUT2D eigenvalue weighted by Gasteiger charge is -2.38. The third kappa shape index (κ3) is 10.4. The highest BCUT2D eigenvalue weighted by atomic mass is 16.5. The Hall–Kier alpha value is -4.22. The number of likely N-dealkylation sites (N-methyl/N-ethyl adjacent to an activating group) is 1. The zero-order chi connectivity index (χ0) is 27.8. The number of nitriles is 1. The fourth-order valence-electron chi connectivity index (χ4n) is 3.58. The fraction of sp³-hybridized carbons (Fsp3) is 0.333. The molecule has 1 unspecified atom stereocenters. The van der Waals surface area contributed by atoms with Gasteiger partial charge in [0.05, 0.1) is 30.9 Å². The number of anilines is 1. The minimum absolute atomic E-state index is 0.100. The van der Waals surface area contributed by atoms with Crippen LogP contribution in [0.4, 0.5) is 5.82 Å². The first-order valence-electron chi connectivity index (χ1n) is 12.6. The van der Waals surface area contributed by atoms with E-state index in [0.29, 0.717) is 25.4 Å².